The van der Waals surface area contributed by atoms with Crippen LogP contribution in [0.4, 0.5) is 0 Å². The molecule has 16 heavy (non-hydrogen) atoms. The highest BCUT2D eigenvalue weighted by atomic mass is 16.1. The summed E-state index contributed by atoms with van der Waals surface area (Å²) in [5, 5.41) is 7.34. The Balaban J connectivity index is 1.96. The number of nitrogens with one attached hydrogen (secondary N) is 1. The van der Waals surface area contributed by atoms with Gasteiger partial charge in [-0.25, -0.2) is 0 Å². The summed E-state index contributed by atoms with van der Waals surface area (Å²) in [5.74, 6) is 0.464. The zero-order valence-corrected chi connectivity index (χ0v) is 10.2. The van der Waals surface area contributed by atoms with Crippen LogP contribution in [0, 0.1) is 19.8 Å². The highest BCUT2D eigenvalue weighted by Gasteiger charge is 2.25. The molecule has 0 aromatic carbocycles. The summed E-state index contributed by atoms with van der Waals surface area (Å²) in [6, 6.07) is 0. The van der Waals surface area contributed by atoms with Gasteiger partial charge in [0.2, 0.25) is 5.91 Å². The van der Waals surface area contributed by atoms with E-state index in [1.165, 1.54) is 6.42 Å². The van der Waals surface area contributed by atoms with Crippen LogP contribution in [-0.4, -0.2) is 15.7 Å². The molecule has 0 unspecified atom stereocenters. The lowest BCUT2D eigenvalue weighted by Gasteiger charge is -2.24. The minimum Gasteiger partial charge on any atom is -0.352 e. The molecule has 1 amide bonds. The van der Waals surface area contributed by atoms with Crippen molar-refractivity contribution >= 4 is 5.91 Å². The standard InChI is InChI=1S/C12H19N3O/c1-8-11(9(2)15(3)14-8)7-13-12(16)10-5-4-6-10/h10H,4-7H2,1-3H3,(H,13,16). The average Bonchev–Trinajstić information content (AvgIpc) is 2.36. The number of aromatic nitrogens is 2. The highest BCUT2D eigenvalue weighted by Crippen LogP contribution is 2.26. The molecule has 0 aliphatic heterocycles. The summed E-state index contributed by atoms with van der Waals surface area (Å²) in [4.78, 5) is 11.7. The smallest absolute Gasteiger partial charge is 0.223 e. The van der Waals surface area contributed by atoms with Crippen molar-refractivity contribution in [3.63, 3.8) is 0 Å². The predicted octanol–water partition coefficient (Wildman–Crippen LogP) is 1.45. The number of hydrogen-bond donors (Lipinski definition) is 1. The quantitative estimate of drug-likeness (QED) is 0.839. The minimum atomic E-state index is 0.203. The molecule has 1 aliphatic rings. The molecule has 0 bridgehead atoms. The van der Waals surface area contributed by atoms with E-state index < -0.39 is 0 Å². The van der Waals surface area contributed by atoms with Gasteiger partial charge < -0.3 is 5.32 Å². The molecule has 1 aliphatic carbocycles. The molecular formula is C12H19N3O. The summed E-state index contributed by atoms with van der Waals surface area (Å²) < 4.78 is 1.86. The molecule has 1 saturated carbocycles. The fourth-order valence-corrected chi connectivity index (χ4v) is 2.06. The molecule has 4 heteroatoms. The number of nitrogens with zero attached hydrogens (tertiary/aromatic N) is 2. The molecule has 0 atom stereocenters. The van der Waals surface area contributed by atoms with Crippen molar-refractivity contribution < 1.29 is 4.79 Å². The molecular weight excluding hydrogens is 202 g/mol. The maximum absolute atomic E-state index is 11.7. The lowest BCUT2D eigenvalue weighted by molar-refractivity contribution is -0.127. The summed E-state index contributed by atoms with van der Waals surface area (Å²) in [6.07, 6.45) is 3.30. The number of hydrogen-bond acceptors (Lipinski definition) is 2. The van der Waals surface area contributed by atoms with Gasteiger partial charge in [-0.05, 0) is 26.7 Å². The first kappa shape index (κ1) is 11.2. The van der Waals surface area contributed by atoms with Crippen molar-refractivity contribution in [2.75, 3.05) is 0 Å². The molecule has 4 nitrogen and oxygen atoms in total. The average molecular weight is 221 g/mol. The third-order valence-electron chi connectivity index (χ3n) is 3.57. The number of aryl methyl sites for hydroxylation is 2. The predicted molar refractivity (Wildman–Crippen MR) is 61.9 cm³/mol. The molecule has 0 radical (unpaired) electrons. The lowest BCUT2D eigenvalue weighted by Crippen LogP contribution is -2.34. The Kier molecular flexibility index (Phi) is 2.99. The molecule has 2 rings (SSSR count). The van der Waals surface area contributed by atoms with Gasteiger partial charge in [-0.15, -0.1) is 0 Å². The maximum atomic E-state index is 11.7. The van der Waals surface area contributed by atoms with Crippen LogP contribution < -0.4 is 5.32 Å². The van der Waals surface area contributed by atoms with E-state index in [1.807, 2.05) is 25.6 Å². The Labute approximate surface area is 96.0 Å². The summed E-state index contributed by atoms with van der Waals surface area (Å²) in [7, 11) is 1.93. The summed E-state index contributed by atoms with van der Waals surface area (Å²) in [5.41, 5.74) is 3.29. The second-order valence-corrected chi connectivity index (χ2v) is 4.62. The van der Waals surface area contributed by atoms with E-state index in [0.717, 1.165) is 29.8 Å². The number of amides is 1. The summed E-state index contributed by atoms with van der Waals surface area (Å²) in [6.45, 7) is 4.63. The normalized spacial score (nSPS) is 15.9. The first-order valence-electron chi connectivity index (χ1n) is 5.86. The van der Waals surface area contributed by atoms with Gasteiger partial charge in [0.25, 0.3) is 0 Å². The van der Waals surface area contributed by atoms with Crippen molar-refractivity contribution in [3.8, 4) is 0 Å². The molecule has 1 aromatic rings. The fraction of sp³-hybridized carbons (Fsp3) is 0.667. The van der Waals surface area contributed by atoms with Crippen LogP contribution in [0.3, 0.4) is 0 Å². The van der Waals surface area contributed by atoms with Gasteiger partial charge in [-0.3, -0.25) is 9.48 Å². The Morgan fingerprint density at radius 3 is 2.62 bits per heavy atom. The van der Waals surface area contributed by atoms with Crippen LogP contribution in [0.5, 0.6) is 0 Å². The van der Waals surface area contributed by atoms with E-state index >= 15 is 0 Å². The van der Waals surface area contributed by atoms with Crippen LogP contribution in [0.25, 0.3) is 0 Å². The Hall–Kier alpha value is -1.32. The largest absolute Gasteiger partial charge is 0.352 e. The van der Waals surface area contributed by atoms with Crippen LogP contribution in [0.1, 0.15) is 36.2 Å². The monoisotopic (exact) mass is 221 g/mol. The van der Waals surface area contributed by atoms with Crippen molar-refractivity contribution in [3.05, 3.63) is 17.0 Å². The van der Waals surface area contributed by atoms with Gasteiger partial charge >= 0.3 is 0 Å². The lowest BCUT2D eigenvalue weighted by atomic mass is 9.85. The maximum Gasteiger partial charge on any atom is 0.223 e. The first-order chi connectivity index (χ1) is 7.59. The van der Waals surface area contributed by atoms with E-state index in [2.05, 4.69) is 10.4 Å². The van der Waals surface area contributed by atoms with Gasteiger partial charge in [0.15, 0.2) is 0 Å². The Bertz CT molecular complexity index is 405. The van der Waals surface area contributed by atoms with Crippen LogP contribution >= 0.6 is 0 Å². The number of carbonyl (C=O) groups excluding carboxylic acids is 1. The van der Waals surface area contributed by atoms with E-state index in [1.54, 1.807) is 0 Å². The molecule has 0 saturated heterocycles. The van der Waals surface area contributed by atoms with Crippen LogP contribution in [0.15, 0.2) is 0 Å². The zero-order valence-electron chi connectivity index (χ0n) is 10.2. The Morgan fingerprint density at radius 2 is 2.19 bits per heavy atom. The molecule has 1 fully saturated rings. The van der Waals surface area contributed by atoms with Gasteiger partial charge in [-0.2, -0.15) is 5.10 Å². The van der Waals surface area contributed by atoms with E-state index in [0.29, 0.717) is 6.54 Å². The van der Waals surface area contributed by atoms with Gasteiger partial charge in [0.1, 0.15) is 0 Å². The summed E-state index contributed by atoms with van der Waals surface area (Å²) >= 11 is 0. The SMILES string of the molecule is Cc1nn(C)c(C)c1CNC(=O)C1CCC1. The van der Waals surface area contributed by atoms with Gasteiger partial charge in [0, 0.05) is 30.8 Å². The topological polar surface area (TPSA) is 46.9 Å². The highest BCUT2D eigenvalue weighted by molar-refractivity contribution is 5.79. The minimum absolute atomic E-state index is 0.203. The second-order valence-electron chi connectivity index (χ2n) is 4.62. The van der Waals surface area contributed by atoms with Crippen LogP contribution in [-0.2, 0) is 18.4 Å². The Morgan fingerprint density at radius 1 is 1.50 bits per heavy atom. The molecule has 1 aromatic heterocycles. The second kappa shape index (κ2) is 4.28. The van der Waals surface area contributed by atoms with E-state index in [4.69, 9.17) is 0 Å². The molecule has 88 valence electrons. The van der Waals surface area contributed by atoms with Gasteiger partial charge in [-0.1, -0.05) is 6.42 Å². The van der Waals surface area contributed by atoms with Crippen molar-refractivity contribution in [2.45, 2.75) is 39.7 Å². The van der Waals surface area contributed by atoms with Crippen molar-refractivity contribution in [1.82, 2.24) is 15.1 Å². The first-order valence-corrected chi connectivity index (χ1v) is 5.86. The number of carbonyl (C=O) groups is 1. The van der Waals surface area contributed by atoms with Crippen molar-refractivity contribution in [1.29, 1.82) is 0 Å². The fourth-order valence-electron chi connectivity index (χ4n) is 2.06. The zero-order chi connectivity index (χ0) is 11.7. The van der Waals surface area contributed by atoms with Gasteiger partial charge in [0.05, 0.1) is 5.69 Å². The molecule has 1 N–H and O–H groups in total. The third kappa shape index (κ3) is 1.96. The van der Waals surface area contributed by atoms with E-state index in [9.17, 15) is 4.79 Å². The molecule has 0 spiro atoms. The van der Waals surface area contributed by atoms with Crippen LogP contribution in [0.2, 0.25) is 0 Å². The van der Waals surface area contributed by atoms with E-state index in [-0.39, 0.29) is 11.8 Å². The molecule has 1 heterocycles. The third-order valence-corrected chi connectivity index (χ3v) is 3.57. The van der Waals surface area contributed by atoms with Crippen molar-refractivity contribution in [2.24, 2.45) is 13.0 Å². The number of rotatable bonds is 3.